The quantitative estimate of drug-likeness (QED) is 0.722. The summed E-state index contributed by atoms with van der Waals surface area (Å²) in [5.41, 5.74) is 0.485. The molecule has 1 aliphatic rings. The van der Waals surface area contributed by atoms with Crippen LogP contribution in [-0.4, -0.2) is 73.4 Å². The van der Waals surface area contributed by atoms with Crippen molar-refractivity contribution in [3.8, 4) is 11.5 Å². The highest BCUT2D eigenvalue weighted by molar-refractivity contribution is 5.87. The van der Waals surface area contributed by atoms with Crippen molar-refractivity contribution in [1.29, 1.82) is 0 Å². The summed E-state index contributed by atoms with van der Waals surface area (Å²) in [6.45, 7) is 7.55. The van der Waals surface area contributed by atoms with Crippen LogP contribution in [0.2, 0.25) is 0 Å². The number of carbonyl (C=O) groups is 1. The first-order valence-corrected chi connectivity index (χ1v) is 10.4. The zero-order chi connectivity index (χ0) is 21.6. The number of nitrogens with zero attached hydrogens (tertiary/aromatic N) is 2. The second kappa shape index (κ2) is 9.96. The fourth-order valence-corrected chi connectivity index (χ4v) is 3.72. The SMILES string of the molecule is COc1ccc(OCC(O)CN2CCN(C(=O)C(C)(C)c3ccccc3)CC2)cc1. The molecule has 1 unspecified atom stereocenters. The van der Waals surface area contributed by atoms with Crippen molar-refractivity contribution < 1.29 is 19.4 Å². The molecule has 1 aliphatic heterocycles. The molecule has 0 saturated carbocycles. The van der Waals surface area contributed by atoms with Gasteiger partial charge in [-0.05, 0) is 43.7 Å². The number of rotatable bonds is 8. The molecular formula is C24H32N2O4. The number of aliphatic hydroxyl groups excluding tert-OH is 1. The van der Waals surface area contributed by atoms with Crippen LogP contribution in [0.1, 0.15) is 19.4 Å². The standard InChI is InChI=1S/C24H32N2O4/c1-24(2,19-7-5-4-6-8-19)23(28)26-15-13-25(14-16-26)17-20(27)18-30-22-11-9-21(29-3)10-12-22/h4-12,20,27H,13-18H2,1-3H3. The topological polar surface area (TPSA) is 62.2 Å². The van der Waals surface area contributed by atoms with E-state index in [2.05, 4.69) is 4.90 Å². The number of β-amino-alcohol motifs (C(OH)–C–C–N with tert-alkyl or cyclic N) is 1. The lowest BCUT2D eigenvalue weighted by Gasteiger charge is -2.39. The van der Waals surface area contributed by atoms with Gasteiger partial charge >= 0.3 is 0 Å². The molecule has 2 aromatic rings. The predicted octanol–water partition coefficient (Wildman–Crippen LogP) is 2.56. The van der Waals surface area contributed by atoms with Gasteiger partial charge in [-0.3, -0.25) is 9.69 Å². The predicted molar refractivity (Wildman–Crippen MR) is 117 cm³/mol. The summed E-state index contributed by atoms with van der Waals surface area (Å²) in [7, 11) is 1.62. The Morgan fingerprint density at radius 2 is 1.60 bits per heavy atom. The molecule has 0 radical (unpaired) electrons. The summed E-state index contributed by atoms with van der Waals surface area (Å²) >= 11 is 0. The molecule has 1 saturated heterocycles. The zero-order valence-electron chi connectivity index (χ0n) is 18.1. The maximum atomic E-state index is 13.1. The Hall–Kier alpha value is -2.57. The first kappa shape index (κ1) is 22.1. The third-order valence-corrected chi connectivity index (χ3v) is 5.66. The number of aliphatic hydroxyl groups is 1. The summed E-state index contributed by atoms with van der Waals surface area (Å²) in [5.74, 6) is 1.62. The monoisotopic (exact) mass is 412 g/mol. The van der Waals surface area contributed by atoms with E-state index < -0.39 is 11.5 Å². The second-order valence-electron chi connectivity index (χ2n) is 8.22. The average molecular weight is 413 g/mol. The maximum absolute atomic E-state index is 13.1. The summed E-state index contributed by atoms with van der Waals surface area (Å²) in [6.07, 6.45) is -0.588. The summed E-state index contributed by atoms with van der Waals surface area (Å²) in [5, 5.41) is 10.3. The van der Waals surface area contributed by atoms with Gasteiger partial charge < -0.3 is 19.5 Å². The Balaban J connectivity index is 1.44. The molecule has 3 rings (SSSR count). The maximum Gasteiger partial charge on any atom is 0.232 e. The number of methoxy groups -OCH3 is 1. The van der Waals surface area contributed by atoms with Crippen molar-refractivity contribution in [2.75, 3.05) is 46.4 Å². The zero-order valence-corrected chi connectivity index (χ0v) is 18.1. The van der Waals surface area contributed by atoms with E-state index in [1.165, 1.54) is 0 Å². The Kier molecular flexibility index (Phi) is 7.34. The van der Waals surface area contributed by atoms with Crippen molar-refractivity contribution in [3.05, 3.63) is 60.2 Å². The van der Waals surface area contributed by atoms with E-state index >= 15 is 0 Å². The number of carbonyl (C=O) groups excluding carboxylic acids is 1. The van der Waals surface area contributed by atoms with Crippen LogP contribution >= 0.6 is 0 Å². The van der Waals surface area contributed by atoms with E-state index in [9.17, 15) is 9.90 Å². The summed E-state index contributed by atoms with van der Waals surface area (Å²) < 4.78 is 10.8. The summed E-state index contributed by atoms with van der Waals surface area (Å²) in [6, 6.07) is 17.2. The molecule has 162 valence electrons. The Morgan fingerprint density at radius 3 is 2.20 bits per heavy atom. The lowest BCUT2D eigenvalue weighted by molar-refractivity contribution is -0.138. The van der Waals surface area contributed by atoms with E-state index in [0.717, 1.165) is 24.4 Å². The van der Waals surface area contributed by atoms with Crippen molar-refractivity contribution in [3.63, 3.8) is 0 Å². The molecule has 2 aromatic carbocycles. The van der Waals surface area contributed by atoms with Crippen LogP contribution in [0, 0.1) is 0 Å². The van der Waals surface area contributed by atoms with Gasteiger partial charge in [-0.1, -0.05) is 30.3 Å². The van der Waals surface area contributed by atoms with E-state index in [1.807, 2.05) is 73.3 Å². The second-order valence-corrected chi connectivity index (χ2v) is 8.22. The summed E-state index contributed by atoms with van der Waals surface area (Å²) in [4.78, 5) is 17.2. The third kappa shape index (κ3) is 5.52. The Bertz CT molecular complexity index is 800. The van der Waals surface area contributed by atoms with Crippen molar-refractivity contribution in [1.82, 2.24) is 9.80 Å². The molecule has 0 bridgehead atoms. The number of amides is 1. The smallest absolute Gasteiger partial charge is 0.232 e. The van der Waals surface area contributed by atoms with E-state index in [-0.39, 0.29) is 12.5 Å². The number of hydrogen-bond donors (Lipinski definition) is 1. The Labute approximate surface area is 179 Å². The van der Waals surface area contributed by atoms with Crippen molar-refractivity contribution in [2.45, 2.75) is 25.4 Å². The highest BCUT2D eigenvalue weighted by Crippen LogP contribution is 2.26. The van der Waals surface area contributed by atoms with Gasteiger partial charge in [0.25, 0.3) is 0 Å². The van der Waals surface area contributed by atoms with Crippen LogP contribution in [0.3, 0.4) is 0 Å². The molecule has 0 spiro atoms. The van der Waals surface area contributed by atoms with Gasteiger partial charge in [-0.25, -0.2) is 0 Å². The number of ether oxygens (including phenoxy) is 2. The highest BCUT2D eigenvalue weighted by Gasteiger charge is 2.35. The molecule has 1 amide bonds. The molecule has 0 aromatic heterocycles. The largest absolute Gasteiger partial charge is 0.497 e. The first-order chi connectivity index (χ1) is 14.4. The molecule has 30 heavy (non-hydrogen) atoms. The number of benzene rings is 2. The van der Waals surface area contributed by atoms with Crippen LogP contribution in [-0.2, 0) is 10.2 Å². The van der Waals surface area contributed by atoms with Crippen LogP contribution < -0.4 is 9.47 Å². The highest BCUT2D eigenvalue weighted by atomic mass is 16.5. The number of piperazine rings is 1. The molecule has 6 heteroatoms. The van der Waals surface area contributed by atoms with Gasteiger partial charge in [0.1, 0.15) is 24.2 Å². The van der Waals surface area contributed by atoms with Gasteiger partial charge in [0.05, 0.1) is 12.5 Å². The van der Waals surface area contributed by atoms with Gasteiger partial charge in [0.2, 0.25) is 5.91 Å². The number of hydrogen-bond acceptors (Lipinski definition) is 5. The van der Waals surface area contributed by atoms with Gasteiger partial charge in [-0.15, -0.1) is 0 Å². The van der Waals surface area contributed by atoms with Gasteiger partial charge in [-0.2, -0.15) is 0 Å². The van der Waals surface area contributed by atoms with E-state index in [4.69, 9.17) is 9.47 Å². The average Bonchev–Trinajstić information content (AvgIpc) is 2.78. The van der Waals surface area contributed by atoms with Gasteiger partial charge in [0, 0.05) is 32.7 Å². The third-order valence-electron chi connectivity index (χ3n) is 5.66. The Morgan fingerprint density at radius 1 is 1.00 bits per heavy atom. The lowest BCUT2D eigenvalue weighted by Crippen LogP contribution is -2.54. The lowest BCUT2D eigenvalue weighted by atomic mass is 9.83. The molecule has 1 heterocycles. The minimum atomic E-state index is -0.588. The molecule has 1 fully saturated rings. The van der Waals surface area contributed by atoms with E-state index in [1.54, 1.807) is 7.11 Å². The molecular weight excluding hydrogens is 380 g/mol. The minimum absolute atomic E-state index is 0.150. The van der Waals surface area contributed by atoms with Crippen molar-refractivity contribution >= 4 is 5.91 Å². The van der Waals surface area contributed by atoms with Crippen LogP contribution in [0.5, 0.6) is 11.5 Å². The van der Waals surface area contributed by atoms with Crippen LogP contribution in [0.25, 0.3) is 0 Å². The molecule has 6 nitrogen and oxygen atoms in total. The molecule has 1 atom stereocenters. The fraction of sp³-hybridized carbons (Fsp3) is 0.458. The van der Waals surface area contributed by atoms with Crippen molar-refractivity contribution in [2.24, 2.45) is 0 Å². The normalized spacial score (nSPS) is 16.2. The van der Waals surface area contributed by atoms with Crippen LogP contribution in [0.4, 0.5) is 0 Å². The van der Waals surface area contributed by atoms with Gasteiger partial charge in [0.15, 0.2) is 0 Å². The van der Waals surface area contributed by atoms with Crippen LogP contribution in [0.15, 0.2) is 54.6 Å². The molecule has 0 aliphatic carbocycles. The molecule has 1 N–H and O–H groups in total. The minimum Gasteiger partial charge on any atom is -0.497 e. The fourth-order valence-electron chi connectivity index (χ4n) is 3.72. The first-order valence-electron chi connectivity index (χ1n) is 10.4. The van der Waals surface area contributed by atoms with E-state index in [0.29, 0.717) is 25.4 Å².